The summed E-state index contributed by atoms with van der Waals surface area (Å²) in [5.74, 6) is -8.92. The zero-order valence-corrected chi connectivity index (χ0v) is 62.5. The molecule has 3 amide bonds. The van der Waals surface area contributed by atoms with Gasteiger partial charge in [0.1, 0.15) is 23.6 Å². The van der Waals surface area contributed by atoms with Gasteiger partial charge in [-0.05, 0) is 152 Å². The van der Waals surface area contributed by atoms with E-state index < -0.39 is 85.4 Å². The lowest BCUT2D eigenvalue weighted by atomic mass is 10.0. The summed E-state index contributed by atoms with van der Waals surface area (Å²) in [5, 5.41) is 66.0. The zero-order valence-electron chi connectivity index (χ0n) is 55.6. The lowest BCUT2D eigenvalue weighted by Crippen LogP contribution is -2.66. The number of rotatable bonds is 37. The SMILES string of the molecule is CC(=O)N([C@](CCCNC(=N)N)(NCc1cc(Cl)cc(Cl)c1)C(=O)O)S(=O)(=O)c1ccccc1.N=C(N)NCCC[C@@H](C(=O)O)N(NCc1cc(Cl)cc(Cl)c1)C(=O)CC(=O)CCc1ccccc1.N=C(N)NCCC[C@@H](C(=O)O)N(NCc1cc(Cl)cc(Cl)c1)C(=O)CS(=O)(=O)c1cccc(Cl)c1. The maximum atomic E-state index is 13.5. The molecule has 0 spiro atoms. The second-order valence-corrected chi connectivity index (χ2v) is 29.5. The predicted octanol–water partition coefficient (Wildman–Crippen LogP) is 8.17. The van der Waals surface area contributed by atoms with Crippen molar-refractivity contribution in [2.24, 2.45) is 17.2 Å². The summed E-state index contributed by atoms with van der Waals surface area (Å²) >= 11 is 42.0. The van der Waals surface area contributed by atoms with Crippen LogP contribution in [0.5, 0.6) is 0 Å². The number of benzene rings is 6. The molecule has 0 aromatic heterocycles. The van der Waals surface area contributed by atoms with Crippen LogP contribution in [0.25, 0.3) is 0 Å². The first kappa shape index (κ1) is 87.8. The number of guanidine groups is 3. The number of carbonyl (C=O) groups excluding carboxylic acids is 4. The van der Waals surface area contributed by atoms with Crippen LogP contribution in [-0.2, 0) is 79.5 Å². The van der Waals surface area contributed by atoms with Gasteiger partial charge in [0.15, 0.2) is 27.7 Å². The number of nitrogens with zero attached hydrogens (tertiary/aromatic N) is 3. The third-order valence-electron chi connectivity index (χ3n) is 14.6. The summed E-state index contributed by atoms with van der Waals surface area (Å²) in [5.41, 5.74) is 21.6. The number of hydrogen-bond acceptors (Lipinski definition) is 17. The molecule has 6 aromatic rings. The molecule has 6 rings (SSSR count). The first-order valence-corrected chi connectivity index (χ1v) is 37.0. The number of ketones is 1. The molecule has 0 aliphatic rings. The molecule has 0 aliphatic carbocycles. The number of hydrogen-bond donors (Lipinski definition) is 15. The van der Waals surface area contributed by atoms with Gasteiger partial charge in [0.05, 0.1) is 16.2 Å². The van der Waals surface area contributed by atoms with Crippen LogP contribution in [0.3, 0.4) is 0 Å². The van der Waals surface area contributed by atoms with E-state index in [2.05, 4.69) is 32.1 Å². The number of sulfone groups is 1. The van der Waals surface area contributed by atoms with Crippen molar-refractivity contribution < 1.29 is 65.7 Å². The molecule has 104 heavy (non-hydrogen) atoms. The maximum absolute atomic E-state index is 13.5. The van der Waals surface area contributed by atoms with Gasteiger partial charge in [-0.25, -0.2) is 46.4 Å². The Labute approximate surface area is 635 Å². The van der Waals surface area contributed by atoms with Crippen LogP contribution in [0.1, 0.15) is 80.5 Å². The van der Waals surface area contributed by atoms with Crippen molar-refractivity contribution in [3.8, 4) is 0 Å². The third kappa shape index (κ3) is 29.9. The molecule has 562 valence electrons. The van der Waals surface area contributed by atoms with Crippen LogP contribution < -0.4 is 49.3 Å². The van der Waals surface area contributed by atoms with Gasteiger partial charge < -0.3 is 48.5 Å². The van der Waals surface area contributed by atoms with Crippen LogP contribution in [0, 0.1) is 16.2 Å². The Morgan fingerprint density at radius 2 is 0.904 bits per heavy atom. The molecule has 0 heterocycles. The molecule has 29 nitrogen and oxygen atoms in total. The normalized spacial score (nSPS) is 12.2. The molecule has 0 aliphatic heterocycles. The monoisotopic (exact) mass is 1610 g/mol. The zero-order chi connectivity index (χ0) is 77.5. The maximum Gasteiger partial charge on any atom is 0.346 e. The van der Waals surface area contributed by atoms with Gasteiger partial charge in [-0.15, -0.1) is 0 Å². The van der Waals surface area contributed by atoms with Crippen molar-refractivity contribution in [3.63, 3.8) is 0 Å². The highest BCUT2D eigenvalue weighted by atomic mass is 35.5. The number of carbonyl (C=O) groups is 7. The number of carboxylic acid groups (broad SMARTS) is 3. The Morgan fingerprint density at radius 1 is 0.500 bits per heavy atom. The summed E-state index contributed by atoms with van der Waals surface area (Å²) in [6.07, 6.45) is 0.509. The van der Waals surface area contributed by atoms with E-state index in [1.165, 1.54) is 72.8 Å². The minimum Gasteiger partial charge on any atom is -0.480 e. The van der Waals surface area contributed by atoms with Gasteiger partial charge in [-0.3, -0.25) is 50.7 Å². The smallest absolute Gasteiger partial charge is 0.346 e. The number of nitrogens with two attached hydrogens (primary N) is 3. The quantitative estimate of drug-likeness (QED) is 0.00436. The van der Waals surface area contributed by atoms with Gasteiger partial charge in [-0.1, -0.05) is 136 Å². The van der Waals surface area contributed by atoms with Crippen molar-refractivity contribution >= 4 is 160 Å². The van der Waals surface area contributed by atoms with E-state index in [0.717, 1.165) is 22.5 Å². The van der Waals surface area contributed by atoms with Crippen LogP contribution >= 0.6 is 81.2 Å². The van der Waals surface area contributed by atoms with E-state index >= 15 is 0 Å². The van der Waals surface area contributed by atoms with E-state index in [1.54, 1.807) is 36.4 Å². The number of sulfonamides is 1. The molecule has 0 radical (unpaired) electrons. The molecule has 0 saturated carbocycles. The minimum atomic E-state index is -4.58. The molecular weight excluding hydrogens is 1540 g/mol. The van der Waals surface area contributed by atoms with E-state index in [9.17, 15) is 65.7 Å². The fourth-order valence-corrected chi connectivity index (χ4v) is 14.8. The second-order valence-electron chi connectivity index (χ2n) is 22.7. The molecule has 3 atom stereocenters. The highest BCUT2D eigenvalue weighted by molar-refractivity contribution is 7.92. The summed E-state index contributed by atoms with van der Waals surface area (Å²) < 4.78 is 52.9. The fourth-order valence-electron chi connectivity index (χ4n) is 9.93. The molecule has 0 unspecified atom stereocenters. The van der Waals surface area contributed by atoms with E-state index in [4.69, 9.17) is 115 Å². The second kappa shape index (κ2) is 43.0. The van der Waals surface area contributed by atoms with Gasteiger partial charge in [0, 0.05) is 87.8 Å². The van der Waals surface area contributed by atoms with Gasteiger partial charge in [0.25, 0.3) is 15.9 Å². The number of halogens is 7. The Morgan fingerprint density at radius 3 is 1.31 bits per heavy atom. The van der Waals surface area contributed by atoms with E-state index in [-0.39, 0.29) is 116 Å². The largest absolute Gasteiger partial charge is 0.480 e. The highest BCUT2D eigenvalue weighted by Crippen LogP contribution is 2.30. The van der Waals surface area contributed by atoms with Crippen molar-refractivity contribution in [1.29, 1.82) is 16.2 Å². The number of aliphatic carboxylic acids is 3. The molecule has 0 bridgehead atoms. The van der Waals surface area contributed by atoms with Crippen LogP contribution in [0.4, 0.5) is 0 Å². The number of nitrogens with one attached hydrogen (secondary N) is 9. The Kier molecular flexibility index (Phi) is 36.3. The molecular formula is C66H78Cl7N15O14S2. The third-order valence-corrected chi connectivity index (χ3v) is 19.6. The Hall–Kier alpha value is -8.57. The minimum absolute atomic E-state index is 0.0537. The van der Waals surface area contributed by atoms with E-state index in [1.807, 2.05) is 30.3 Å². The summed E-state index contributed by atoms with van der Waals surface area (Å²) in [4.78, 5) is 87.8. The van der Waals surface area contributed by atoms with Crippen LogP contribution in [-0.4, -0.2) is 149 Å². The van der Waals surface area contributed by atoms with Gasteiger partial charge in [-0.2, -0.15) is 0 Å². The summed E-state index contributed by atoms with van der Waals surface area (Å²) in [6.45, 7) is 1.35. The Bertz CT molecular complexity index is 4180. The number of amides is 3. The lowest BCUT2D eigenvalue weighted by Gasteiger charge is -2.40. The number of aryl methyl sites for hydroxylation is 1. The standard InChI is InChI=1S/C24H29Cl2N5O4.C21H24Cl3N5O5S.C21H25Cl2N5O5S/c25-18-11-17(12-19(26)13-18)15-30-31(21(23(34)35)7-4-10-29-24(27)28)22(33)14-20(32)9-8-16-5-2-1-3-6-16;22-14-3-1-4-17(10-14)35(33,34)12-19(30)29(18(20(31)32)5-2-6-27-21(25)26)28-11-13-7-15(23)9-16(24)8-13;1-14(29)28(34(32,33)18-6-3-2-4-7-18)21(19(30)31,8-5-9-26-20(24)25)27-13-15-10-16(22)12-17(23)11-15/h1-3,5-6,11-13,21,30H,4,7-10,14-15H2,(H,34,35)(H4,27,28,29);1,3-4,7-10,18,28H,2,5-6,11-12H2,(H,31,32)(H4,25,26,27);2-4,6-7,10-12,27H,5,8-9,13H2,1H3,(H,30,31)(H4,24,25,26)/t21-;18-;21-/m000/s1. The molecule has 6 aromatic carbocycles. The highest BCUT2D eigenvalue weighted by Gasteiger charge is 2.51. The average molecular weight is 1620 g/mol. The first-order valence-electron chi connectivity index (χ1n) is 31.2. The van der Waals surface area contributed by atoms with Crippen LogP contribution in [0.15, 0.2) is 149 Å². The van der Waals surface area contributed by atoms with Crippen molar-refractivity contribution in [1.82, 2.24) is 46.4 Å². The molecule has 38 heteroatoms. The topological polar surface area (TPSA) is 480 Å². The van der Waals surface area contributed by atoms with Gasteiger partial charge in [0.2, 0.25) is 17.5 Å². The number of hydrazine groups is 2. The molecule has 18 N–H and O–H groups in total. The number of carboxylic acids is 3. The lowest BCUT2D eigenvalue weighted by molar-refractivity contribution is -0.156. The summed E-state index contributed by atoms with van der Waals surface area (Å²) in [6, 6.07) is 33.3. The van der Waals surface area contributed by atoms with Crippen molar-refractivity contribution in [3.05, 3.63) is 197 Å². The number of Topliss-reactive ketones (excluding diaryl/α,β-unsaturated/α-hetero) is 1. The Balaban J connectivity index is 0.000000330. The summed E-state index contributed by atoms with van der Waals surface area (Å²) in [7, 11) is -8.70. The first-order chi connectivity index (χ1) is 48.9. The van der Waals surface area contributed by atoms with Crippen LogP contribution in [0.2, 0.25) is 35.2 Å². The molecule has 0 fully saturated rings. The van der Waals surface area contributed by atoms with E-state index in [0.29, 0.717) is 64.0 Å². The van der Waals surface area contributed by atoms with Crippen molar-refractivity contribution in [2.45, 2.75) is 112 Å². The average Bonchev–Trinajstić information content (AvgIpc) is 0.751. The van der Waals surface area contributed by atoms with Crippen molar-refractivity contribution in [2.75, 3.05) is 25.4 Å². The predicted molar refractivity (Wildman–Crippen MR) is 398 cm³/mol. The van der Waals surface area contributed by atoms with Gasteiger partial charge >= 0.3 is 17.9 Å². The molecule has 0 saturated heterocycles. The fraction of sp³-hybridized carbons (Fsp3) is 0.303.